The lowest BCUT2D eigenvalue weighted by atomic mass is 10.1. The minimum absolute atomic E-state index is 0.0461. The van der Waals surface area contributed by atoms with E-state index in [1.165, 1.54) is 16.0 Å². The van der Waals surface area contributed by atoms with Crippen LogP contribution >= 0.6 is 11.6 Å². The molecule has 8 nitrogen and oxygen atoms in total. The molecule has 28 heavy (non-hydrogen) atoms. The van der Waals surface area contributed by atoms with Crippen LogP contribution in [-0.4, -0.2) is 69.6 Å². The van der Waals surface area contributed by atoms with Crippen molar-refractivity contribution in [2.24, 2.45) is 0 Å². The summed E-state index contributed by atoms with van der Waals surface area (Å²) in [5.41, 5.74) is 1.44. The molecule has 9 heteroatoms. The van der Waals surface area contributed by atoms with Gasteiger partial charge in [0.05, 0.1) is 5.56 Å². The zero-order chi connectivity index (χ0) is 20.3. The molecule has 0 aliphatic carbocycles. The summed E-state index contributed by atoms with van der Waals surface area (Å²) in [5.74, 6) is 0.316. The van der Waals surface area contributed by atoms with E-state index in [2.05, 4.69) is 14.9 Å². The molecule has 1 saturated heterocycles. The highest BCUT2D eigenvalue weighted by Gasteiger charge is 2.27. The summed E-state index contributed by atoms with van der Waals surface area (Å²) in [6.07, 6.45) is 2.31. The third kappa shape index (κ3) is 4.58. The standard InChI is InChI=1S/C19H22ClN5O3/c1-13-11-24(7-8-25(13)19(27)28)12-14-3-6-17(22-9-14)23(2)18(26)15-4-5-16(20)21-10-15/h3-6,9-10,13H,7-8,11-12H2,1-2H3,(H,27,28)/t13-/m0/s1. The van der Waals surface area contributed by atoms with Crippen LogP contribution in [0, 0.1) is 0 Å². The molecular formula is C19H22ClN5O3. The smallest absolute Gasteiger partial charge is 0.407 e. The van der Waals surface area contributed by atoms with Crippen molar-refractivity contribution in [1.82, 2.24) is 19.8 Å². The summed E-state index contributed by atoms with van der Waals surface area (Å²) >= 11 is 5.76. The second-order valence-electron chi connectivity index (χ2n) is 6.82. The van der Waals surface area contributed by atoms with Gasteiger partial charge in [-0.2, -0.15) is 0 Å². The van der Waals surface area contributed by atoms with Crippen molar-refractivity contribution in [3.8, 4) is 0 Å². The first kappa shape index (κ1) is 20.0. The predicted octanol–water partition coefficient (Wildman–Crippen LogP) is 2.59. The number of pyridine rings is 2. The van der Waals surface area contributed by atoms with Crippen molar-refractivity contribution in [2.45, 2.75) is 19.5 Å². The van der Waals surface area contributed by atoms with E-state index in [4.69, 9.17) is 16.7 Å². The summed E-state index contributed by atoms with van der Waals surface area (Å²) in [6.45, 7) is 4.45. The van der Waals surface area contributed by atoms with Crippen molar-refractivity contribution in [2.75, 3.05) is 31.6 Å². The van der Waals surface area contributed by atoms with E-state index in [1.807, 2.05) is 13.0 Å². The number of amides is 2. The van der Waals surface area contributed by atoms with E-state index in [0.29, 0.717) is 42.7 Å². The van der Waals surface area contributed by atoms with Gasteiger partial charge in [0.2, 0.25) is 0 Å². The van der Waals surface area contributed by atoms with Crippen molar-refractivity contribution in [1.29, 1.82) is 0 Å². The largest absolute Gasteiger partial charge is 0.465 e. The normalized spacial score (nSPS) is 17.4. The molecule has 1 atom stereocenters. The lowest BCUT2D eigenvalue weighted by molar-refractivity contribution is 0.0710. The summed E-state index contributed by atoms with van der Waals surface area (Å²) in [7, 11) is 1.66. The molecule has 2 aromatic heterocycles. The van der Waals surface area contributed by atoms with Crippen molar-refractivity contribution < 1.29 is 14.7 Å². The molecule has 148 valence electrons. The zero-order valence-electron chi connectivity index (χ0n) is 15.7. The van der Waals surface area contributed by atoms with E-state index in [-0.39, 0.29) is 11.9 Å². The van der Waals surface area contributed by atoms with Gasteiger partial charge in [0, 0.05) is 51.7 Å². The number of nitrogens with zero attached hydrogens (tertiary/aromatic N) is 5. The summed E-state index contributed by atoms with van der Waals surface area (Å²) in [5, 5.41) is 9.50. The molecule has 0 aromatic carbocycles. The Morgan fingerprint density at radius 3 is 2.57 bits per heavy atom. The fraction of sp³-hybridized carbons (Fsp3) is 0.368. The molecule has 1 aliphatic rings. The van der Waals surface area contributed by atoms with Crippen molar-refractivity contribution in [3.05, 3.63) is 52.9 Å². The van der Waals surface area contributed by atoms with E-state index < -0.39 is 6.09 Å². The molecule has 0 saturated carbocycles. The van der Waals surface area contributed by atoms with Crippen LogP contribution in [0.2, 0.25) is 5.15 Å². The summed E-state index contributed by atoms with van der Waals surface area (Å²) in [6, 6.07) is 6.88. The minimum Gasteiger partial charge on any atom is -0.465 e. The van der Waals surface area contributed by atoms with E-state index in [1.54, 1.807) is 31.4 Å². The second kappa shape index (κ2) is 8.53. The SMILES string of the molecule is C[C@H]1CN(Cc2ccc(N(C)C(=O)c3ccc(Cl)nc3)nc2)CCN1C(=O)O. The Kier molecular flexibility index (Phi) is 6.11. The topological polar surface area (TPSA) is 89.9 Å². The van der Waals surface area contributed by atoms with E-state index in [0.717, 1.165) is 5.56 Å². The fourth-order valence-electron chi connectivity index (χ4n) is 3.23. The predicted molar refractivity (Wildman–Crippen MR) is 106 cm³/mol. The molecule has 1 aliphatic heterocycles. The van der Waals surface area contributed by atoms with Crippen molar-refractivity contribution in [3.63, 3.8) is 0 Å². The number of piperazine rings is 1. The van der Waals surface area contributed by atoms with Crippen LogP contribution in [-0.2, 0) is 6.54 Å². The molecule has 3 rings (SSSR count). The van der Waals surface area contributed by atoms with Crippen LogP contribution in [0.3, 0.4) is 0 Å². The van der Waals surface area contributed by atoms with E-state index in [9.17, 15) is 9.59 Å². The van der Waals surface area contributed by atoms with Gasteiger partial charge in [0.25, 0.3) is 5.91 Å². The first-order valence-electron chi connectivity index (χ1n) is 8.91. The van der Waals surface area contributed by atoms with Crippen LogP contribution in [0.4, 0.5) is 10.6 Å². The van der Waals surface area contributed by atoms with Crippen molar-refractivity contribution >= 4 is 29.4 Å². The molecule has 0 unspecified atom stereocenters. The molecule has 1 fully saturated rings. The second-order valence-corrected chi connectivity index (χ2v) is 7.21. The number of hydrogen-bond donors (Lipinski definition) is 1. The average Bonchev–Trinajstić information content (AvgIpc) is 2.68. The Labute approximate surface area is 168 Å². The monoisotopic (exact) mass is 403 g/mol. The molecule has 0 spiro atoms. The fourth-order valence-corrected chi connectivity index (χ4v) is 3.34. The molecule has 1 N–H and O–H groups in total. The number of aromatic nitrogens is 2. The number of anilines is 1. The minimum atomic E-state index is -0.873. The van der Waals surface area contributed by atoms with Crippen LogP contribution in [0.15, 0.2) is 36.7 Å². The number of carboxylic acid groups (broad SMARTS) is 1. The van der Waals surface area contributed by atoms with Crippen LogP contribution in [0.25, 0.3) is 0 Å². The van der Waals surface area contributed by atoms with Gasteiger partial charge in [-0.3, -0.25) is 14.6 Å². The number of carbonyl (C=O) groups excluding carboxylic acids is 1. The lowest BCUT2D eigenvalue weighted by Crippen LogP contribution is -2.53. The maximum atomic E-state index is 12.5. The molecule has 3 heterocycles. The number of hydrogen-bond acceptors (Lipinski definition) is 5. The molecule has 0 bridgehead atoms. The number of rotatable bonds is 4. The van der Waals surface area contributed by atoms with Gasteiger partial charge in [-0.05, 0) is 30.7 Å². The number of carbonyl (C=O) groups is 2. The van der Waals surface area contributed by atoms with Gasteiger partial charge < -0.3 is 10.0 Å². The number of halogens is 1. The van der Waals surface area contributed by atoms with Gasteiger partial charge in [0.15, 0.2) is 0 Å². The van der Waals surface area contributed by atoms with E-state index >= 15 is 0 Å². The highest BCUT2D eigenvalue weighted by molar-refractivity contribution is 6.29. The highest BCUT2D eigenvalue weighted by Crippen LogP contribution is 2.17. The molecular weight excluding hydrogens is 382 g/mol. The molecule has 2 aromatic rings. The van der Waals surface area contributed by atoms with Crippen LogP contribution in [0.1, 0.15) is 22.8 Å². The Morgan fingerprint density at radius 2 is 2.00 bits per heavy atom. The highest BCUT2D eigenvalue weighted by atomic mass is 35.5. The third-order valence-corrected chi connectivity index (χ3v) is 5.02. The maximum absolute atomic E-state index is 12.5. The summed E-state index contributed by atoms with van der Waals surface area (Å²) in [4.78, 5) is 37.1. The third-order valence-electron chi connectivity index (χ3n) is 4.80. The average molecular weight is 404 g/mol. The van der Waals surface area contributed by atoms with Crippen LogP contribution < -0.4 is 4.90 Å². The van der Waals surface area contributed by atoms with Gasteiger partial charge in [-0.25, -0.2) is 14.8 Å². The zero-order valence-corrected chi connectivity index (χ0v) is 16.5. The Bertz CT molecular complexity index is 844. The van der Waals surface area contributed by atoms with Gasteiger partial charge in [-0.1, -0.05) is 17.7 Å². The Hall–Kier alpha value is -2.71. The Morgan fingerprint density at radius 1 is 1.21 bits per heavy atom. The van der Waals surface area contributed by atoms with Crippen LogP contribution in [0.5, 0.6) is 0 Å². The van der Waals surface area contributed by atoms with Gasteiger partial charge >= 0.3 is 6.09 Å². The van der Waals surface area contributed by atoms with Gasteiger partial charge in [0.1, 0.15) is 11.0 Å². The Balaban J connectivity index is 1.61. The first-order chi connectivity index (χ1) is 13.3. The first-order valence-corrected chi connectivity index (χ1v) is 9.29. The van der Waals surface area contributed by atoms with Gasteiger partial charge in [-0.15, -0.1) is 0 Å². The molecule has 0 radical (unpaired) electrons. The quantitative estimate of drug-likeness (QED) is 0.789. The lowest BCUT2D eigenvalue weighted by Gasteiger charge is -2.38. The summed E-state index contributed by atoms with van der Waals surface area (Å²) < 4.78 is 0. The molecule has 2 amide bonds. The maximum Gasteiger partial charge on any atom is 0.407 e.